The highest BCUT2D eigenvalue weighted by molar-refractivity contribution is 5.75. The fourth-order valence-corrected chi connectivity index (χ4v) is 2.85. The topological polar surface area (TPSA) is 52.6 Å². The smallest absolute Gasteiger partial charge is 0.317 e. The summed E-state index contributed by atoms with van der Waals surface area (Å²) >= 11 is 0. The lowest BCUT2D eigenvalue weighted by molar-refractivity contribution is 0.173. The summed E-state index contributed by atoms with van der Waals surface area (Å²) in [5.74, 6) is 1.17. The zero-order valence-electron chi connectivity index (χ0n) is 11.7. The normalized spacial score (nSPS) is 24.2. The molecule has 0 saturated heterocycles. The second-order valence-electron chi connectivity index (χ2n) is 5.85. The van der Waals surface area contributed by atoms with Gasteiger partial charge in [0.25, 0.3) is 0 Å². The third-order valence-corrected chi connectivity index (χ3v) is 4.26. The van der Waals surface area contributed by atoms with E-state index in [1.807, 2.05) is 6.07 Å². The monoisotopic (exact) mass is 274 g/mol. The van der Waals surface area contributed by atoms with Crippen LogP contribution >= 0.6 is 0 Å². The van der Waals surface area contributed by atoms with Crippen LogP contribution in [0.15, 0.2) is 30.3 Å². The average molecular weight is 274 g/mol. The van der Waals surface area contributed by atoms with Gasteiger partial charge >= 0.3 is 6.03 Å². The van der Waals surface area contributed by atoms with Gasteiger partial charge in [-0.25, -0.2) is 4.79 Å². The SMILES string of the molecule is O=C(NC[C@@H]1C[C@H]1c1ccccc1)N(CCO)C1CC1. The van der Waals surface area contributed by atoms with Crippen LogP contribution in [0.2, 0.25) is 0 Å². The number of aliphatic hydroxyl groups is 1. The van der Waals surface area contributed by atoms with Crippen LogP contribution < -0.4 is 5.32 Å². The number of urea groups is 1. The highest BCUT2D eigenvalue weighted by atomic mass is 16.3. The Labute approximate surface area is 119 Å². The van der Waals surface area contributed by atoms with E-state index in [-0.39, 0.29) is 12.6 Å². The van der Waals surface area contributed by atoms with E-state index in [0.717, 1.165) is 25.8 Å². The molecule has 2 aliphatic rings. The summed E-state index contributed by atoms with van der Waals surface area (Å²) in [6.07, 6.45) is 3.31. The number of hydrogen-bond acceptors (Lipinski definition) is 2. The summed E-state index contributed by atoms with van der Waals surface area (Å²) in [5, 5.41) is 12.0. The number of carbonyl (C=O) groups is 1. The van der Waals surface area contributed by atoms with Gasteiger partial charge in [0.05, 0.1) is 6.61 Å². The van der Waals surface area contributed by atoms with Gasteiger partial charge in [0.1, 0.15) is 0 Å². The van der Waals surface area contributed by atoms with Crippen molar-refractivity contribution in [3.05, 3.63) is 35.9 Å². The van der Waals surface area contributed by atoms with Gasteiger partial charge in [0.2, 0.25) is 0 Å². The molecule has 0 heterocycles. The molecule has 1 aromatic carbocycles. The number of hydrogen-bond donors (Lipinski definition) is 2. The van der Waals surface area contributed by atoms with Gasteiger partial charge in [-0.2, -0.15) is 0 Å². The molecule has 1 aromatic rings. The second kappa shape index (κ2) is 5.83. The Bertz CT molecular complexity index is 459. The first-order valence-electron chi connectivity index (χ1n) is 7.50. The molecule has 0 bridgehead atoms. The van der Waals surface area contributed by atoms with E-state index >= 15 is 0 Å². The Balaban J connectivity index is 1.45. The molecule has 0 aliphatic heterocycles. The third-order valence-electron chi connectivity index (χ3n) is 4.26. The van der Waals surface area contributed by atoms with Gasteiger partial charge in [-0.15, -0.1) is 0 Å². The molecular weight excluding hydrogens is 252 g/mol. The molecule has 0 radical (unpaired) electrons. The van der Waals surface area contributed by atoms with Crippen molar-refractivity contribution in [1.82, 2.24) is 10.2 Å². The van der Waals surface area contributed by atoms with Gasteiger partial charge in [-0.1, -0.05) is 30.3 Å². The van der Waals surface area contributed by atoms with Gasteiger partial charge < -0.3 is 15.3 Å². The van der Waals surface area contributed by atoms with E-state index in [1.54, 1.807) is 4.90 Å². The highest BCUT2D eigenvalue weighted by Gasteiger charge is 2.39. The fourth-order valence-electron chi connectivity index (χ4n) is 2.85. The molecule has 4 nitrogen and oxygen atoms in total. The van der Waals surface area contributed by atoms with Crippen molar-refractivity contribution in [3.63, 3.8) is 0 Å². The van der Waals surface area contributed by atoms with Gasteiger partial charge in [-0.3, -0.25) is 0 Å². The molecule has 0 aromatic heterocycles. The number of amides is 2. The standard InChI is InChI=1S/C16H22N2O2/c19-9-8-18(14-6-7-14)16(20)17-11-13-10-15(13)12-4-2-1-3-5-12/h1-5,13-15,19H,6-11H2,(H,17,20)/t13-,15-/m0/s1. The summed E-state index contributed by atoms with van der Waals surface area (Å²) in [5.41, 5.74) is 1.38. The predicted octanol–water partition coefficient (Wildman–Crippen LogP) is 1.96. The Morgan fingerprint density at radius 2 is 2.05 bits per heavy atom. The highest BCUT2D eigenvalue weighted by Crippen LogP contribution is 2.46. The average Bonchev–Trinajstić information content (AvgIpc) is 3.37. The second-order valence-corrected chi connectivity index (χ2v) is 5.85. The maximum absolute atomic E-state index is 12.1. The molecule has 4 heteroatoms. The maximum atomic E-state index is 12.1. The maximum Gasteiger partial charge on any atom is 0.317 e. The van der Waals surface area contributed by atoms with E-state index in [4.69, 9.17) is 5.11 Å². The number of carbonyl (C=O) groups excluding carboxylic acids is 1. The molecule has 2 N–H and O–H groups in total. The molecule has 2 fully saturated rings. The zero-order chi connectivity index (χ0) is 13.9. The zero-order valence-corrected chi connectivity index (χ0v) is 11.7. The minimum atomic E-state index is -0.0136. The Kier molecular flexibility index (Phi) is 3.92. The van der Waals surface area contributed by atoms with E-state index in [2.05, 4.69) is 29.6 Å². The summed E-state index contributed by atoms with van der Waals surface area (Å²) < 4.78 is 0. The van der Waals surface area contributed by atoms with Crippen molar-refractivity contribution in [1.29, 1.82) is 0 Å². The number of nitrogens with one attached hydrogen (secondary N) is 1. The van der Waals surface area contributed by atoms with Crippen LogP contribution in [0.1, 0.15) is 30.7 Å². The Morgan fingerprint density at radius 3 is 2.70 bits per heavy atom. The lowest BCUT2D eigenvalue weighted by atomic mass is 10.1. The van der Waals surface area contributed by atoms with Crippen molar-refractivity contribution in [3.8, 4) is 0 Å². The molecule has 0 unspecified atom stereocenters. The van der Waals surface area contributed by atoms with E-state index in [9.17, 15) is 4.79 Å². The first-order chi connectivity index (χ1) is 9.79. The van der Waals surface area contributed by atoms with Crippen LogP contribution in [0.4, 0.5) is 4.79 Å². The van der Waals surface area contributed by atoms with E-state index < -0.39 is 0 Å². The first kappa shape index (κ1) is 13.4. The Morgan fingerprint density at radius 1 is 1.30 bits per heavy atom. The number of aliphatic hydroxyl groups excluding tert-OH is 1. The lowest BCUT2D eigenvalue weighted by Crippen LogP contribution is -2.43. The molecule has 2 amide bonds. The van der Waals surface area contributed by atoms with Crippen LogP contribution in [0, 0.1) is 5.92 Å². The molecule has 2 aliphatic carbocycles. The van der Waals surface area contributed by atoms with Crippen molar-refractivity contribution in [2.24, 2.45) is 5.92 Å². The quantitative estimate of drug-likeness (QED) is 0.833. The molecular formula is C16H22N2O2. The minimum absolute atomic E-state index is 0.0136. The van der Waals surface area contributed by atoms with Crippen LogP contribution in [0.5, 0.6) is 0 Å². The molecule has 108 valence electrons. The molecule has 3 rings (SSSR count). The van der Waals surface area contributed by atoms with Gasteiger partial charge in [0, 0.05) is 19.1 Å². The molecule has 0 spiro atoms. The van der Waals surface area contributed by atoms with E-state index in [0.29, 0.717) is 24.4 Å². The summed E-state index contributed by atoms with van der Waals surface area (Å²) in [7, 11) is 0. The largest absolute Gasteiger partial charge is 0.395 e. The Hall–Kier alpha value is -1.55. The van der Waals surface area contributed by atoms with E-state index in [1.165, 1.54) is 5.56 Å². The number of nitrogens with zero attached hydrogens (tertiary/aromatic N) is 1. The van der Waals surface area contributed by atoms with Crippen LogP contribution in [-0.2, 0) is 0 Å². The molecule has 2 saturated carbocycles. The summed E-state index contributed by atoms with van der Waals surface area (Å²) in [4.78, 5) is 13.9. The van der Waals surface area contributed by atoms with Crippen molar-refractivity contribution in [2.45, 2.75) is 31.2 Å². The first-order valence-corrected chi connectivity index (χ1v) is 7.50. The third kappa shape index (κ3) is 3.12. The van der Waals surface area contributed by atoms with Gasteiger partial charge in [0.15, 0.2) is 0 Å². The van der Waals surface area contributed by atoms with Crippen molar-refractivity contribution >= 4 is 6.03 Å². The number of rotatable bonds is 6. The fraction of sp³-hybridized carbons (Fsp3) is 0.562. The van der Waals surface area contributed by atoms with Crippen molar-refractivity contribution in [2.75, 3.05) is 19.7 Å². The minimum Gasteiger partial charge on any atom is -0.395 e. The van der Waals surface area contributed by atoms with Crippen LogP contribution in [0.3, 0.4) is 0 Å². The van der Waals surface area contributed by atoms with Crippen LogP contribution in [-0.4, -0.2) is 41.8 Å². The summed E-state index contributed by atoms with van der Waals surface area (Å²) in [6, 6.07) is 10.8. The van der Waals surface area contributed by atoms with Crippen LogP contribution in [0.25, 0.3) is 0 Å². The molecule has 20 heavy (non-hydrogen) atoms. The summed E-state index contributed by atoms with van der Waals surface area (Å²) in [6.45, 7) is 1.23. The predicted molar refractivity (Wildman–Crippen MR) is 77.5 cm³/mol. The number of benzene rings is 1. The van der Waals surface area contributed by atoms with Crippen molar-refractivity contribution < 1.29 is 9.90 Å². The van der Waals surface area contributed by atoms with Gasteiger partial charge in [-0.05, 0) is 36.7 Å². The lowest BCUT2D eigenvalue weighted by Gasteiger charge is -2.21. The molecule has 2 atom stereocenters.